The molecule has 0 aliphatic carbocycles. The Labute approximate surface area is 188 Å². The maximum atomic E-state index is 4.88. The first-order valence-corrected chi connectivity index (χ1v) is 10.8. The van der Waals surface area contributed by atoms with E-state index >= 15 is 0 Å². The lowest BCUT2D eigenvalue weighted by atomic mass is 10.1. The highest BCUT2D eigenvalue weighted by molar-refractivity contribution is 14.0. The predicted octanol–water partition coefficient (Wildman–Crippen LogP) is 3.17. The van der Waals surface area contributed by atoms with Crippen molar-refractivity contribution >= 4 is 29.9 Å². The lowest BCUT2D eigenvalue weighted by Gasteiger charge is -2.25. The molecular weight excluding hydrogens is 461 g/mol. The van der Waals surface area contributed by atoms with Gasteiger partial charge in [0, 0.05) is 38.8 Å². The van der Waals surface area contributed by atoms with Crippen molar-refractivity contribution in [3.8, 4) is 0 Å². The van der Waals surface area contributed by atoms with Crippen molar-refractivity contribution in [3.05, 3.63) is 35.9 Å². The van der Waals surface area contributed by atoms with Gasteiger partial charge in [0.05, 0.1) is 0 Å². The Morgan fingerprint density at radius 1 is 1.11 bits per heavy atom. The van der Waals surface area contributed by atoms with Gasteiger partial charge in [-0.1, -0.05) is 37.3 Å². The highest BCUT2D eigenvalue weighted by Crippen LogP contribution is 2.19. The number of rotatable bonds is 8. The molecule has 2 N–H and O–H groups in total. The molecule has 1 aromatic rings. The first-order chi connectivity index (χ1) is 13.3. The number of nitrogens with zero attached hydrogens (tertiary/aromatic N) is 3. The van der Waals surface area contributed by atoms with Crippen molar-refractivity contribution in [2.75, 3.05) is 45.8 Å². The van der Waals surface area contributed by atoms with Gasteiger partial charge in [-0.25, -0.2) is 0 Å². The molecule has 0 bridgehead atoms. The zero-order chi connectivity index (χ0) is 18.9. The van der Waals surface area contributed by atoms with Crippen molar-refractivity contribution in [3.63, 3.8) is 0 Å². The Hall–Kier alpha value is -0.860. The lowest BCUT2D eigenvalue weighted by Crippen LogP contribution is -2.45. The van der Waals surface area contributed by atoms with Gasteiger partial charge in [-0.3, -0.25) is 9.89 Å². The van der Waals surface area contributed by atoms with Gasteiger partial charge in [0.1, 0.15) is 0 Å². The van der Waals surface area contributed by atoms with Crippen LogP contribution in [0.25, 0.3) is 0 Å². The number of benzene rings is 1. The molecule has 2 unspecified atom stereocenters. The predicted molar refractivity (Wildman–Crippen MR) is 129 cm³/mol. The van der Waals surface area contributed by atoms with Crippen molar-refractivity contribution in [1.82, 2.24) is 20.4 Å². The molecular formula is C22H38IN5. The molecule has 0 saturated carbocycles. The van der Waals surface area contributed by atoms with Crippen LogP contribution in [-0.2, 0) is 6.54 Å². The Morgan fingerprint density at radius 3 is 2.64 bits per heavy atom. The van der Waals surface area contributed by atoms with Crippen LogP contribution in [0.4, 0.5) is 0 Å². The number of aliphatic imine (C=N–C) groups is 1. The van der Waals surface area contributed by atoms with E-state index in [0.717, 1.165) is 38.7 Å². The van der Waals surface area contributed by atoms with Crippen LogP contribution < -0.4 is 10.6 Å². The normalized spacial score (nSPS) is 23.6. The van der Waals surface area contributed by atoms with Crippen LogP contribution in [0.15, 0.2) is 35.3 Å². The van der Waals surface area contributed by atoms with E-state index in [0.29, 0.717) is 12.0 Å². The summed E-state index contributed by atoms with van der Waals surface area (Å²) in [6.45, 7) is 13.1. The fraction of sp³-hybridized carbons (Fsp3) is 0.682. The minimum absolute atomic E-state index is 0. The van der Waals surface area contributed by atoms with Crippen LogP contribution in [0.2, 0.25) is 0 Å². The molecule has 0 radical (unpaired) electrons. The third-order valence-corrected chi connectivity index (χ3v) is 5.90. The lowest BCUT2D eigenvalue weighted by molar-refractivity contribution is 0.245. The van der Waals surface area contributed by atoms with Gasteiger partial charge in [0.25, 0.3) is 0 Å². The SMILES string of the molecule is CCNC(=NCC1CCN(CC)C1)NCC1CCCN1Cc1ccccc1.I. The molecule has 0 spiro atoms. The van der Waals surface area contributed by atoms with Gasteiger partial charge < -0.3 is 15.5 Å². The fourth-order valence-electron chi connectivity index (χ4n) is 4.28. The second kappa shape index (κ2) is 12.6. The summed E-state index contributed by atoms with van der Waals surface area (Å²) in [7, 11) is 0. The number of hydrogen-bond acceptors (Lipinski definition) is 3. The molecule has 2 heterocycles. The number of likely N-dealkylation sites (tertiary alicyclic amines) is 2. The van der Waals surface area contributed by atoms with Crippen LogP contribution in [0.3, 0.4) is 0 Å². The highest BCUT2D eigenvalue weighted by atomic mass is 127. The van der Waals surface area contributed by atoms with Gasteiger partial charge in [0.2, 0.25) is 0 Å². The molecule has 158 valence electrons. The van der Waals surface area contributed by atoms with E-state index in [1.54, 1.807) is 0 Å². The topological polar surface area (TPSA) is 42.9 Å². The van der Waals surface area contributed by atoms with Crippen LogP contribution in [0.1, 0.15) is 38.7 Å². The second-order valence-electron chi connectivity index (χ2n) is 7.90. The number of halogens is 1. The van der Waals surface area contributed by atoms with Crippen molar-refractivity contribution < 1.29 is 0 Å². The van der Waals surface area contributed by atoms with Crippen LogP contribution in [0, 0.1) is 5.92 Å². The summed E-state index contributed by atoms with van der Waals surface area (Å²) < 4.78 is 0. The standard InChI is InChI=1S/C22H37N5.HI/c1-3-23-22(24-15-20-12-14-26(4-2)17-20)25-16-21-11-8-13-27(21)18-19-9-6-5-7-10-19;/h5-7,9-10,20-21H,3-4,8,11-18H2,1-2H3,(H2,23,24,25);1H. The average molecular weight is 499 g/mol. The van der Waals surface area contributed by atoms with Gasteiger partial charge in [0.15, 0.2) is 5.96 Å². The van der Waals surface area contributed by atoms with E-state index < -0.39 is 0 Å². The molecule has 2 aliphatic rings. The molecule has 2 saturated heterocycles. The summed E-state index contributed by atoms with van der Waals surface area (Å²) in [5.74, 6) is 1.69. The Bertz CT molecular complexity index is 580. The van der Waals surface area contributed by atoms with E-state index in [2.05, 4.69) is 64.6 Å². The molecule has 2 atom stereocenters. The third-order valence-electron chi connectivity index (χ3n) is 5.90. The Morgan fingerprint density at radius 2 is 1.93 bits per heavy atom. The molecule has 0 aromatic heterocycles. The van der Waals surface area contributed by atoms with E-state index in [4.69, 9.17) is 4.99 Å². The number of guanidine groups is 1. The smallest absolute Gasteiger partial charge is 0.191 e. The van der Waals surface area contributed by atoms with Gasteiger partial charge in [-0.15, -0.1) is 24.0 Å². The first-order valence-electron chi connectivity index (χ1n) is 10.8. The van der Waals surface area contributed by atoms with E-state index in [1.807, 2.05) is 0 Å². The molecule has 3 rings (SSSR count). The Kier molecular flexibility index (Phi) is 10.6. The van der Waals surface area contributed by atoms with E-state index in [9.17, 15) is 0 Å². The summed E-state index contributed by atoms with van der Waals surface area (Å²) in [6.07, 6.45) is 3.85. The Balaban J connectivity index is 0.00000280. The summed E-state index contributed by atoms with van der Waals surface area (Å²) >= 11 is 0. The third kappa shape index (κ3) is 7.19. The van der Waals surface area contributed by atoms with Crippen LogP contribution in [0.5, 0.6) is 0 Å². The fourth-order valence-corrected chi connectivity index (χ4v) is 4.28. The van der Waals surface area contributed by atoms with Gasteiger partial charge >= 0.3 is 0 Å². The van der Waals surface area contributed by atoms with Crippen LogP contribution >= 0.6 is 24.0 Å². The van der Waals surface area contributed by atoms with E-state index in [1.165, 1.54) is 44.5 Å². The molecule has 1 aromatic carbocycles. The first kappa shape index (κ1) is 23.4. The minimum atomic E-state index is 0. The number of nitrogens with one attached hydrogen (secondary N) is 2. The summed E-state index contributed by atoms with van der Waals surface area (Å²) in [6, 6.07) is 11.4. The zero-order valence-corrected chi connectivity index (χ0v) is 19.9. The summed E-state index contributed by atoms with van der Waals surface area (Å²) in [5, 5.41) is 7.04. The monoisotopic (exact) mass is 499 g/mol. The maximum Gasteiger partial charge on any atom is 0.191 e. The molecule has 2 fully saturated rings. The van der Waals surface area contributed by atoms with Crippen molar-refractivity contribution in [1.29, 1.82) is 0 Å². The second-order valence-corrected chi connectivity index (χ2v) is 7.90. The summed E-state index contributed by atoms with van der Waals surface area (Å²) in [4.78, 5) is 10.0. The quantitative estimate of drug-likeness (QED) is 0.328. The number of hydrogen-bond donors (Lipinski definition) is 2. The minimum Gasteiger partial charge on any atom is -0.357 e. The van der Waals surface area contributed by atoms with Gasteiger partial charge in [-0.2, -0.15) is 0 Å². The van der Waals surface area contributed by atoms with Gasteiger partial charge in [-0.05, 0) is 57.3 Å². The van der Waals surface area contributed by atoms with Crippen molar-refractivity contribution in [2.45, 2.75) is 45.7 Å². The molecule has 6 heteroatoms. The highest BCUT2D eigenvalue weighted by Gasteiger charge is 2.25. The van der Waals surface area contributed by atoms with Crippen molar-refractivity contribution in [2.24, 2.45) is 10.9 Å². The largest absolute Gasteiger partial charge is 0.357 e. The van der Waals surface area contributed by atoms with Crippen LogP contribution in [-0.4, -0.2) is 67.6 Å². The molecule has 0 amide bonds. The summed E-state index contributed by atoms with van der Waals surface area (Å²) in [5.41, 5.74) is 1.41. The maximum absolute atomic E-state index is 4.88. The molecule has 28 heavy (non-hydrogen) atoms. The zero-order valence-electron chi connectivity index (χ0n) is 17.6. The molecule has 5 nitrogen and oxygen atoms in total. The molecule has 2 aliphatic heterocycles. The average Bonchev–Trinajstić information content (AvgIpc) is 3.34. The van der Waals surface area contributed by atoms with E-state index in [-0.39, 0.29) is 24.0 Å².